The molecule has 1 aromatic carbocycles. The van der Waals surface area contributed by atoms with Crippen molar-refractivity contribution in [3.63, 3.8) is 0 Å². The number of hydrogen-bond donors (Lipinski definition) is 1. The monoisotopic (exact) mass is 345 g/mol. The van der Waals surface area contributed by atoms with Crippen LogP contribution >= 0.6 is 0 Å². The van der Waals surface area contributed by atoms with Gasteiger partial charge in [-0.15, -0.1) is 0 Å². The summed E-state index contributed by atoms with van der Waals surface area (Å²) in [4.78, 5) is 22.8. The molecule has 0 saturated carbocycles. The Bertz CT molecular complexity index is 640. The standard InChI is InChI=1S/C19H23NO5/c1-4-12-23-13-5-6-16-7-9-17(10-8-16)25-19(22)20-11-14-24-18(21)15(2)3/h7-10H,2,4,11-14H2,1,3H3,(H,20,22). The summed E-state index contributed by atoms with van der Waals surface area (Å²) in [5.74, 6) is 5.77. The first-order valence-electron chi connectivity index (χ1n) is 7.98. The van der Waals surface area contributed by atoms with E-state index >= 15 is 0 Å². The third-order valence-corrected chi connectivity index (χ3v) is 2.77. The second-order valence-electron chi connectivity index (χ2n) is 5.11. The minimum absolute atomic E-state index is 0.0510. The van der Waals surface area contributed by atoms with E-state index in [1.54, 1.807) is 31.2 Å². The van der Waals surface area contributed by atoms with Crippen LogP contribution in [0, 0.1) is 11.8 Å². The van der Waals surface area contributed by atoms with E-state index in [-0.39, 0.29) is 13.2 Å². The summed E-state index contributed by atoms with van der Waals surface area (Å²) in [5, 5.41) is 2.48. The van der Waals surface area contributed by atoms with E-state index in [2.05, 4.69) is 23.7 Å². The number of rotatable bonds is 8. The minimum atomic E-state index is -0.627. The highest BCUT2D eigenvalue weighted by Gasteiger charge is 2.05. The van der Waals surface area contributed by atoms with E-state index in [4.69, 9.17) is 14.2 Å². The van der Waals surface area contributed by atoms with Crippen molar-refractivity contribution in [1.29, 1.82) is 0 Å². The summed E-state index contributed by atoms with van der Waals surface area (Å²) in [6.07, 6.45) is 0.338. The van der Waals surface area contributed by atoms with Gasteiger partial charge in [0.25, 0.3) is 0 Å². The van der Waals surface area contributed by atoms with Gasteiger partial charge in [-0.05, 0) is 37.6 Å². The van der Waals surface area contributed by atoms with E-state index < -0.39 is 12.1 Å². The molecule has 0 heterocycles. The molecule has 134 valence electrons. The van der Waals surface area contributed by atoms with Gasteiger partial charge < -0.3 is 19.5 Å². The van der Waals surface area contributed by atoms with Gasteiger partial charge in [0, 0.05) is 17.7 Å². The molecule has 1 aromatic rings. The van der Waals surface area contributed by atoms with Gasteiger partial charge >= 0.3 is 12.1 Å². The number of hydrogen-bond acceptors (Lipinski definition) is 5. The molecule has 1 N–H and O–H groups in total. The van der Waals surface area contributed by atoms with Gasteiger partial charge in [0.1, 0.15) is 19.0 Å². The SMILES string of the molecule is C=C(C)C(=O)OCCNC(=O)Oc1ccc(C#CCOCCC)cc1. The first kappa shape index (κ1) is 20.3. The normalized spacial score (nSPS) is 9.52. The zero-order valence-electron chi connectivity index (χ0n) is 14.6. The lowest BCUT2D eigenvalue weighted by Crippen LogP contribution is -2.30. The molecular weight excluding hydrogens is 322 g/mol. The van der Waals surface area contributed by atoms with Crippen molar-refractivity contribution in [2.45, 2.75) is 20.3 Å². The number of amides is 1. The molecule has 0 unspecified atom stereocenters. The zero-order valence-corrected chi connectivity index (χ0v) is 14.6. The molecule has 25 heavy (non-hydrogen) atoms. The fraction of sp³-hybridized carbons (Fsp3) is 0.368. The molecule has 1 rings (SSSR count). The lowest BCUT2D eigenvalue weighted by Gasteiger charge is -2.07. The second kappa shape index (κ2) is 11.7. The Morgan fingerprint density at radius 1 is 1.20 bits per heavy atom. The molecule has 6 nitrogen and oxygen atoms in total. The lowest BCUT2D eigenvalue weighted by atomic mass is 10.2. The molecular formula is C19H23NO5. The van der Waals surface area contributed by atoms with Crippen LogP contribution in [0.4, 0.5) is 4.79 Å². The summed E-state index contributed by atoms with van der Waals surface area (Å²) >= 11 is 0. The maximum atomic E-state index is 11.6. The van der Waals surface area contributed by atoms with Crippen molar-refractivity contribution in [2.24, 2.45) is 0 Å². The van der Waals surface area contributed by atoms with E-state index in [0.717, 1.165) is 12.0 Å². The molecule has 0 aromatic heterocycles. The number of esters is 1. The van der Waals surface area contributed by atoms with Crippen LogP contribution < -0.4 is 10.1 Å². The predicted octanol–water partition coefficient (Wildman–Crippen LogP) is 2.67. The molecule has 0 bridgehead atoms. The van der Waals surface area contributed by atoms with Crippen molar-refractivity contribution in [1.82, 2.24) is 5.32 Å². The summed E-state index contributed by atoms with van der Waals surface area (Å²) < 4.78 is 15.2. The van der Waals surface area contributed by atoms with E-state index in [0.29, 0.717) is 24.5 Å². The summed E-state index contributed by atoms with van der Waals surface area (Å²) in [6, 6.07) is 6.81. The topological polar surface area (TPSA) is 73.9 Å². The molecule has 0 saturated heterocycles. The molecule has 0 fully saturated rings. The Labute approximate surface area is 148 Å². The van der Waals surface area contributed by atoms with Gasteiger partial charge in [0.2, 0.25) is 0 Å². The first-order chi connectivity index (χ1) is 12.0. The van der Waals surface area contributed by atoms with Gasteiger partial charge in [-0.2, -0.15) is 0 Å². The van der Waals surface area contributed by atoms with Gasteiger partial charge in [0.15, 0.2) is 0 Å². The third kappa shape index (κ3) is 9.18. The molecule has 0 aliphatic heterocycles. The number of carbonyl (C=O) groups is 2. The highest BCUT2D eigenvalue weighted by molar-refractivity contribution is 5.86. The Kier molecular flexibility index (Phi) is 9.49. The van der Waals surface area contributed by atoms with Crippen molar-refractivity contribution in [3.8, 4) is 17.6 Å². The number of carbonyl (C=O) groups excluding carboxylic acids is 2. The number of nitrogens with one attached hydrogen (secondary N) is 1. The van der Waals surface area contributed by atoms with Crippen LogP contribution in [0.5, 0.6) is 5.75 Å². The highest BCUT2D eigenvalue weighted by atomic mass is 16.6. The Morgan fingerprint density at radius 3 is 2.56 bits per heavy atom. The average Bonchev–Trinajstić information content (AvgIpc) is 2.59. The quantitative estimate of drug-likeness (QED) is 0.339. The predicted molar refractivity (Wildman–Crippen MR) is 94.2 cm³/mol. The van der Waals surface area contributed by atoms with E-state index in [1.165, 1.54) is 0 Å². The van der Waals surface area contributed by atoms with E-state index in [9.17, 15) is 9.59 Å². The second-order valence-corrected chi connectivity index (χ2v) is 5.11. The van der Waals surface area contributed by atoms with Crippen molar-refractivity contribution in [3.05, 3.63) is 42.0 Å². The lowest BCUT2D eigenvalue weighted by molar-refractivity contribution is -0.138. The van der Waals surface area contributed by atoms with E-state index in [1.807, 2.05) is 6.92 Å². The van der Waals surface area contributed by atoms with Crippen molar-refractivity contribution < 1.29 is 23.8 Å². The van der Waals surface area contributed by atoms with Gasteiger partial charge in [-0.3, -0.25) is 0 Å². The van der Waals surface area contributed by atoms with Crippen LogP contribution in [0.25, 0.3) is 0 Å². The third-order valence-electron chi connectivity index (χ3n) is 2.77. The maximum absolute atomic E-state index is 11.6. The highest BCUT2D eigenvalue weighted by Crippen LogP contribution is 2.11. The molecule has 0 aliphatic rings. The Morgan fingerprint density at radius 2 is 1.92 bits per heavy atom. The van der Waals surface area contributed by atoms with Crippen LogP contribution in [0.1, 0.15) is 25.8 Å². The van der Waals surface area contributed by atoms with Crippen LogP contribution in [0.2, 0.25) is 0 Å². The molecule has 1 amide bonds. The van der Waals surface area contributed by atoms with Crippen molar-refractivity contribution >= 4 is 12.1 Å². The molecule has 6 heteroatoms. The Hall–Kier alpha value is -2.78. The van der Waals surface area contributed by atoms with Crippen LogP contribution in [-0.4, -0.2) is 38.4 Å². The van der Waals surface area contributed by atoms with Crippen LogP contribution in [-0.2, 0) is 14.3 Å². The summed E-state index contributed by atoms with van der Waals surface area (Å²) in [6.45, 7) is 8.34. The zero-order chi connectivity index (χ0) is 18.5. The molecule has 0 radical (unpaired) electrons. The first-order valence-corrected chi connectivity index (χ1v) is 7.98. The van der Waals surface area contributed by atoms with Crippen molar-refractivity contribution in [2.75, 3.05) is 26.4 Å². The minimum Gasteiger partial charge on any atom is -0.460 e. The molecule has 0 spiro atoms. The van der Waals surface area contributed by atoms with Crippen LogP contribution in [0.3, 0.4) is 0 Å². The summed E-state index contributed by atoms with van der Waals surface area (Å²) in [7, 11) is 0. The fourth-order valence-electron chi connectivity index (χ4n) is 1.58. The number of ether oxygens (including phenoxy) is 3. The average molecular weight is 345 g/mol. The largest absolute Gasteiger partial charge is 0.460 e. The van der Waals surface area contributed by atoms with Gasteiger partial charge in [-0.1, -0.05) is 25.3 Å². The Balaban J connectivity index is 2.31. The maximum Gasteiger partial charge on any atom is 0.412 e. The smallest absolute Gasteiger partial charge is 0.412 e. The van der Waals surface area contributed by atoms with Crippen LogP contribution in [0.15, 0.2) is 36.4 Å². The van der Waals surface area contributed by atoms with Gasteiger partial charge in [-0.25, -0.2) is 9.59 Å². The summed E-state index contributed by atoms with van der Waals surface area (Å²) in [5.41, 5.74) is 1.11. The van der Waals surface area contributed by atoms with Gasteiger partial charge in [0.05, 0.1) is 6.54 Å². The molecule has 0 atom stereocenters. The number of benzene rings is 1. The molecule has 0 aliphatic carbocycles. The fourth-order valence-corrected chi connectivity index (χ4v) is 1.58.